The maximum Gasteiger partial charge on any atom is 0.143 e. The molecule has 260 valence electrons. The zero-order valence-corrected chi connectivity index (χ0v) is 29.5. The van der Waals surface area contributed by atoms with E-state index in [1.54, 1.807) is 0 Å². The number of anilines is 3. The van der Waals surface area contributed by atoms with Gasteiger partial charge >= 0.3 is 0 Å². The third kappa shape index (κ3) is 5.91. The molecule has 0 amide bonds. The highest BCUT2D eigenvalue weighted by Crippen LogP contribution is 2.46. The summed E-state index contributed by atoms with van der Waals surface area (Å²) in [4.78, 5) is 2.37. The molecule has 8 aromatic carbocycles. The third-order valence-corrected chi connectivity index (χ3v) is 10.5. The van der Waals surface area contributed by atoms with Crippen molar-refractivity contribution in [2.75, 3.05) is 4.90 Å². The van der Waals surface area contributed by atoms with Crippen LogP contribution < -0.4 is 15.5 Å². The van der Waals surface area contributed by atoms with Crippen molar-refractivity contribution in [1.29, 1.82) is 0 Å². The summed E-state index contributed by atoms with van der Waals surface area (Å²) >= 11 is 0. The lowest BCUT2D eigenvalue weighted by molar-refractivity contribution is 0.316. The van der Waals surface area contributed by atoms with Crippen LogP contribution in [0, 0.1) is 0 Å². The molecule has 0 bridgehead atoms. The average molecular weight is 698 g/mol. The van der Waals surface area contributed by atoms with Crippen LogP contribution >= 0.6 is 0 Å². The molecule has 0 saturated carbocycles. The fraction of sp³-hybridized carbons (Fsp3) is 0.0612. The predicted octanol–water partition coefficient (Wildman–Crippen LogP) is 12.8. The molecule has 5 nitrogen and oxygen atoms in total. The van der Waals surface area contributed by atoms with Crippen LogP contribution in [-0.4, -0.2) is 0 Å². The Morgan fingerprint density at radius 1 is 0.426 bits per heavy atom. The van der Waals surface area contributed by atoms with Crippen LogP contribution in [0.15, 0.2) is 199 Å². The summed E-state index contributed by atoms with van der Waals surface area (Å²) in [5.74, 6) is 0. The van der Waals surface area contributed by atoms with E-state index in [4.69, 9.17) is 9.73 Å². The summed E-state index contributed by atoms with van der Waals surface area (Å²) in [7, 11) is 0. The van der Waals surface area contributed by atoms with Gasteiger partial charge in [-0.05, 0) is 58.7 Å². The zero-order valence-electron chi connectivity index (χ0n) is 29.5. The van der Waals surface area contributed by atoms with Crippen LogP contribution in [0.4, 0.5) is 17.1 Å². The zero-order chi connectivity index (χ0) is 35.8. The molecule has 0 radical (unpaired) electrons. The first kappa shape index (κ1) is 32.2. The molecule has 1 fully saturated rings. The van der Waals surface area contributed by atoms with Crippen LogP contribution in [0.1, 0.15) is 35.2 Å². The van der Waals surface area contributed by atoms with Gasteiger partial charge in [0.25, 0.3) is 0 Å². The van der Waals surface area contributed by atoms with E-state index in [9.17, 15) is 0 Å². The lowest BCUT2D eigenvalue weighted by Crippen LogP contribution is -2.44. The summed E-state index contributed by atoms with van der Waals surface area (Å²) in [5.41, 5.74) is 10.7. The molecule has 1 aliphatic heterocycles. The van der Waals surface area contributed by atoms with Crippen LogP contribution in [0.2, 0.25) is 0 Å². The molecule has 1 aliphatic rings. The van der Waals surface area contributed by atoms with Gasteiger partial charge in [-0.3, -0.25) is 0 Å². The number of nitrogens with one attached hydrogen (secondary N) is 2. The molecule has 2 N–H and O–H groups in total. The number of fused-ring (bicyclic) bond motifs is 5. The van der Waals surface area contributed by atoms with Gasteiger partial charge < -0.3 is 25.3 Å². The minimum Gasteiger partial charge on any atom is -0.624 e. The molecule has 0 aliphatic carbocycles. The molecule has 0 spiro atoms. The lowest BCUT2D eigenvalue weighted by atomic mass is 10.00. The van der Waals surface area contributed by atoms with Crippen molar-refractivity contribution in [3.8, 4) is 11.1 Å². The van der Waals surface area contributed by atoms with Gasteiger partial charge in [0.1, 0.15) is 11.2 Å². The summed E-state index contributed by atoms with van der Waals surface area (Å²) in [5, 5.41) is 17.1. The Hall–Kier alpha value is -6.50. The summed E-state index contributed by atoms with van der Waals surface area (Å²) in [6.45, 7) is 0. The van der Waals surface area contributed by atoms with Crippen molar-refractivity contribution >= 4 is 49.8 Å². The van der Waals surface area contributed by atoms with E-state index in [1.165, 1.54) is 16.7 Å². The molecule has 2 heterocycles. The average Bonchev–Trinajstić information content (AvgIpc) is 3.63. The fourth-order valence-corrected chi connectivity index (χ4v) is 7.85. The normalized spacial score (nSPS) is 17.2. The summed E-state index contributed by atoms with van der Waals surface area (Å²) < 4.78 is 6.84. The molecular weight excluding hydrogens is 661 g/mol. The first-order valence-corrected chi connectivity index (χ1v) is 18.5. The standard InChI is InChI=1S/C49H37N4O/c1-5-16-33(17-6-1)36-22-15-25-39(30-36)53(38-23-11-4-12-24-38)44-32-43-41-29-28-37(31-45(41)54-46(43)42-27-14-13-26-40(42)44)49-51-47(34-18-7-2-8-19-34)50-48(52-49)35-20-9-3-10-21-35/h1-32,47-51H/q-1. The van der Waals surface area contributed by atoms with E-state index < -0.39 is 0 Å². The molecule has 9 aromatic rings. The largest absolute Gasteiger partial charge is 0.624 e. The Balaban J connectivity index is 1.11. The summed E-state index contributed by atoms with van der Waals surface area (Å²) in [6, 6.07) is 68.4. The molecule has 5 heteroatoms. The second-order valence-electron chi connectivity index (χ2n) is 13.8. The van der Waals surface area contributed by atoms with Crippen molar-refractivity contribution < 1.29 is 4.42 Å². The Labute approximate surface area is 314 Å². The lowest BCUT2D eigenvalue weighted by Gasteiger charge is -2.50. The van der Waals surface area contributed by atoms with Crippen molar-refractivity contribution in [2.24, 2.45) is 0 Å². The Morgan fingerprint density at radius 2 is 1.02 bits per heavy atom. The minimum absolute atomic E-state index is 0.0823. The van der Waals surface area contributed by atoms with Crippen molar-refractivity contribution in [3.05, 3.63) is 216 Å². The number of nitrogens with zero attached hydrogens (tertiary/aromatic N) is 2. The first-order chi connectivity index (χ1) is 26.8. The Bertz CT molecular complexity index is 2670. The topological polar surface area (TPSA) is 54.5 Å². The third-order valence-electron chi connectivity index (χ3n) is 10.5. The number of rotatable bonds is 7. The smallest absolute Gasteiger partial charge is 0.143 e. The van der Waals surface area contributed by atoms with Gasteiger partial charge in [0.15, 0.2) is 0 Å². The van der Waals surface area contributed by atoms with Crippen molar-refractivity contribution in [3.63, 3.8) is 0 Å². The second-order valence-corrected chi connectivity index (χ2v) is 13.8. The number of hydrogen-bond donors (Lipinski definition) is 2. The highest BCUT2D eigenvalue weighted by Gasteiger charge is 2.24. The van der Waals surface area contributed by atoms with Crippen LogP contribution in [0.25, 0.3) is 49.2 Å². The minimum atomic E-state index is -0.253. The van der Waals surface area contributed by atoms with E-state index >= 15 is 0 Å². The van der Waals surface area contributed by atoms with Gasteiger partial charge in [0, 0.05) is 32.9 Å². The number of para-hydroxylation sites is 1. The molecule has 3 unspecified atom stereocenters. The van der Waals surface area contributed by atoms with Crippen LogP contribution in [0.5, 0.6) is 0 Å². The highest BCUT2D eigenvalue weighted by atomic mass is 16.3. The van der Waals surface area contributed by atoms with Gasteiger partial charge in [0.2, 0.25) is 0 Å². The number of benzene rings is 8. The van der Waals surface area contributed by atoms with Gasteiger partial charge in [-0.2, -0.15) is 0 Å². The second kappa shape index (κ2) is 13.8. The Morgan fingerprint density at radius 3 is 1.76 bits per heavy atom. The van der Waals surface area contributed by atoms with Crippen molar-refractivity contribution in [1.82, 2.24) is 10.6 Å². The maximum absolute atomic E-state index is 6.84. The molecule has 3 atom stereocenters. The van der Waals surface area contributed by atoms with E-state index in [1.807, 2.05) is 12.1 Å². The van der Waals surface area contributed by atoms with Crippen molar-refractivity contribution in [2.45, 2.75) is 18.5 Å². The van der Waals surface area contributed by atoms with Gasteiger partial charge in [-0.15, -0.1) is 0 Å². The SMILES string of the molecule is c1ccc(-c2cccc(N(c3ccccc3)c3cc4c5ccc(C6[N-]C(c7ccccc7)NC(c7ccccc7)N6)cc5oc4c4ccccc34)c2)cc1. The first-order valence-electron chi connectivity index (χ1n) is 18.5. The predicted molar refractivity (Wildman–Crippen MR) is 222 cm³/mol. The van der Waals surface area contributed by atoms with Gasteiger partial charge in [-0.1, -0.05) is 176 Å². The molecule has 10 rings (SSSR count). The molecule has 1 saturated heterocycles. The van der Waals surface area contributed by atoms with E-state index in [-0.39, 0.29) is 18.5 Å². The number of hydrogen-bond acceptors (Lipinski definition) is 4. The quantitative estimate of drug-likeness (QED) is 0.174. The van der Waals surface area contributed by atoms with E-state index in [0.29, 0.717) is 0 Å². The fourth-order valence-electron chi connectivity index (χ4n) is 7.85. The van der Waals surface area contributed by atoms with E-state index in [0.717, 1.165) is 60.9 Å². The highest BCUT2D eigenvalue weighted by molar-refractivity contribution is 6.19. The maximum atomic E-state index is 6.84. The summed E-state index contributed by atoms with van der Waals surface area (Å²) in [6.07, 6.45) is -0.511. The molecule has 1 aromatic heterocycles. The number of furan rings is 1. The monoisotopic (exact) mass is 697 g/mol. The van der Waals surface area contributed by atoms with Gasteiger partial charge in [-0.25, -0.2) is 0 Å². The van der Waals surface area contributed by atoms with E-state index in [2.05, 4.69) is 198 Å². The van der Waals surface area contributed by atoms with Crippen LogP contribution in [0.3, 0.4) is 0 Å². The Kier molecular flexibility index (Phi) is 8.23. The van der Waals surface area contributed by atoms with Gasteiger partial charge in [0.05, 0.1) is 11.9 Å². The molecule has 54 heavy (non-hydrogen) atoms. The molecular formula is C49H37N4O-. The van der Waals surface area contributed by atoms with Crippen LogP contribution in [-0.2, 0) is 0 Å².